The first-order valence-electron chi connectivity index (χ1n) is 11.0. The number of ether oxygens (including phenoxy) is 2. The van der Waals surface area contributed by atoms with Crippen molar-refractivity contribution in [3.63, 3.8) is 0 Å². The van der Waals surface area contributed by atoms with E-state index < -0.39 is 12.0 Å². The number of nitrogens with one attached hydrogen (secondary N) is 1. The van der Waals surface area contributed by atoms with Crippen molar-refractivity contribution in [2.45, 2.75) is 37.0 Å². The third-order valence-electron chi connectivity index (χ3n) is 6.47. The van der Waals surface area contributed by atoms with Crippen LogP contribution < -0.4 is 11.1 Å². The van der Waals surface area contributed by atoms with E-state index in [9.17, 15) is 9.18 Å². The number of nitrogens with zero attached hydrogens (tertiary/aromatic N) is 3. The van der Waals surface area contributed by atoms with Crippen molar-refractivity contribution in [3.8, 4) is 0 Å². The summed E-state index contributed by atoms with van der Waals surface area (Å²) in [4.78, 5) is 24.7. The molecule has 4 heterocycles. The molecule has 2 aromatic rings. The van der Waals surface area contributed by atoms with E-state index in [-0.39, 0.29) is 23.9 Å². The summed E-state index contributed by atoms with van der Waals surface area (Å²) in [6, 6.07) is 4.14. The monoisotopic (exact) mass is 549 g/mol. The second-order valence-electron chi connectivity index (χ2n) is 8.64. The first kappa shape index (κ1) is 23.6. The lowest BCUT2D eigenvalue weighted by molar-refractivity contribution is -0.136. The van der Waals surface area contributed by atoms with E-state index in [1.807, 2.05) is 5.38 Å². The molecule has 0 radical (unpaired) electrons. The standard InChI is InChI=1S/C23H25BrFN5O3S/c1-32-23(31)19-18(9-30-14-7-13(26)8-15(30)11-33-10-14)28-21(22-27-4-5-34-22)29-20(19)16-3-2-12(25)6-17(16)24/h2-6,13-15,20H,7-11,26H2,1H3,(H,28,29)/t13?,14-,15+,20-/m0/s1. The van der Waals surface area contributed by atoms with Crippen molar-refractivity contribution in [1.29, 1.82) is 0 Å². The molecular weight excluding hydrogens is 525 g/mol. The number of benzene rings is 1. The third-order valence-corrected chi connectivity index (χ3v) is 7.94. The maximum absolute atomic E-state index is 13.9. The molecular formula is C23H25BrFN5O3S. The molecule has 3 aliphatic heterocycles. The van der Waals surface area contributed by atoms with Crippen LogP contribution in [-0.4, -0.2) is 66.7 Å². The predicted molar refractivity (Wildman–Crippen MR) is 130 cm³/mol. The van der Waals surface area contributed by atoms with Gasteiger partial charge in [-0.2, -0.15) is 0 Å². The molecule has 0 amide bonds. The average Bonchev–Trinajstić information content (AvgIpc) is 3.34. The minimum atomic E-state index is -0.694. The van der Waals surface area contributed by atoms with Gasteiger partial charge in [-0.1, -0.05) is 22.0 Å². The van der Waals surface area contributed by atoms with Gasteiger partial charge >= 0.3 is 5.97 Å². The van der Waals surface area contributed by atoms with Crippen LogP contribution in [0.5, 0.6) is 0 Å². The van der Waals surface area contributed by atoms with Crippen LogP contribution >= 0.6 is 27.3 Å². The first-order chi connectivity index (χ1) is 16.4. The molecule has 180 valence electrons. The topological polar surface area (TPSA) is 102 Å². The quantitative estimate of drug-likeness (QED) is 0.553. The molecule has 5 rings (SSSR count). The highest BCUT2D eigenvalue weighted by molar-refractivity contribution is 9.10. The Balaban J connectivity index is 1.60. The number of fused-ring (bicyclic) bond motifs is 2. The summed E-state index contributed by atoms with van der Waals surface area (Å²) in [5.74, 6) is -0.301. The number of aromatic nitrogens is 1. The number of amidine groups is 1. The van der Waals surface area contributed by atoms with E-state index in [1.165, 1.54) is 30.6 Å². The van der Waals surface area contributed by atoms with Gasteiger partial charge in [0.1, 0.15) is 11.9 Å². The van der Waals surface area contributed by atoms with Gasteiger partial charge in [-0.3, -0.25) is 9.89 Å². The average molecular weight is 550 g/mol. The lowest BCUT2D eigenvalue weighted by Gasteiger charge is -2.48. The molecule has 2 saturated heterocycles. The number of esters is 1. The van der Waals surface area contributed by atoms with Gasteiger partial charge in [0, 0.05) is 46.4 Å². The van der Waals surface area contributed by atoms with E-state index in [1.54, 1.807) is 12.3 Å². The number of thiazole rings is 1. The molecule has 1 aromatic carbocycles. The second kappa shape index (κ2) is 9.82. The van der Waals surface area contributed by atoms with Crippen molar-refractivity contribution < 1.29 is 18.7 Å². The molecule has 1 aromatic heterocycles. The van der Waals surface area contributed by atoms with Gasteiger partial charge in [0.05, 0.1) is 25.9 Å². The molecule has 3 N–H and O–H groups in total. The van der Waals surface area contributed by atoms with Crippen molar-refractivity contribution >= 4 is 39.1 Å². The zero-order valence-corrected chi connectivity index (χ0v) is 20.9. The highest BCUT2D eigenvalue weighted by Crippen LogP contribution is 2.38. The maximum Gasteiger partial charge on any atom is 0.338 e. The summed E-state index contributed by atoms with van der Waals surface area (Å²) in [6.45, 7) is 1.69. The molecule has 1 unspecified atom stereocenters. The lowest BCUT2D eigenvalue weighted by Crippen LogP contribution is -2.60. The lowest BCUT2D eigenvalue weighted by atomic mass is 9.89. The Hall–Kier alpha value is -2.18. The molecule has 0 saturated carbocycles. The number of morpholine rings is 1. The Morgan fingerprint density at radius 3 is 2.79 bits per heavy atom. The van der Waals surface area contributed by atoms with Gasteiger partial charge in [0.15, 0.2) is 10.8 Å². The van der Waals surface area contributed by atoms with Gasteiger partial charge in [-0.25, -0.2) is 14.2 Å². The van der Waals surface area contributed by atoms with Gasteiger partial charge < -0.3 is 20.5 Å². The van der Waals surface area contributed by atoms with E-state index >= 15 is 0 Å². The van der Waals surface area contributed by atoms with Crippen LogP contribution in [0, 0.1) is 5.82 Å². The predicted octanol–water partition coefficient (Wildman–Crippen LogP) is 2.75. The second-order valence-corrected chi connectivity index (χ2v) is 10.4. The molecule has 34 heavy (non-hydrogen) atoms. The number of hydrogen-bond acceptors (Lipinski definition) is 9. The van der Waals surface area contributed by atoms with Crippen molar-refractivity contribution in [2.24, 2.45) is 10.7 Å². The Kier molecular flexibility index (Phi) is 6.81. The highest BCUT2D eigenvalue weighted by Gasteiger charge is 2.41. The minimum absolute atomic E-state index is 0.138. The maximum atomic E-state index is 13.9. The summed E-state index contributed by atoms with van der Waals surface area (Å²) >= 11 is 4.90. The zero-order chi connectivity index (χ0) is 23.8. The fraction of sp³-hybridized carbons (Fsp3) is 0.435. The van der Waals surface area contributed by atoms with Crippen LogP contribution in [-0.2, 0) is 14.3 Å². The number of piperidine rings is 1. The van der Waals surface area contributed by atoms with E-state index in [2.05, 4.69) is 31.1 Å². The third kappa shape index (κ3) is 4.55. The molecule has 11 heteroatoms. The molecule has 8 nitrogen and oxygen atoms in total. The molecule has 2 fully saturated rings. The number of hydrogen-bond donors (Lipinski definition) is 2. The molecule has 0 aliphatic carbocycles. The number of carbonyl (C=O) groups excluding carboxylic acids is 1. The minimum Gasteiger partial charge on any atom is -0.466 e. The fourth-order valence-corrected chi connectivity index (χ4v) is 6.10. The van der Waals surface area contributed by atoms with E-state index in [0.29, 0.717) is 51.9 Å². The normalized spacial score (nSPS) is 27.2. The van der Waals surface area contributed by atoms with Gasteiger partial charge in [-0.05, 0) is 30.5 Å². The van der Waals surface area contributed by atoms with Crippen molar-refractivity contribution in [1.82, 2.24) is 15.2 Å². The number of nitrogens with two attached hydrogens (primary N) is 1. The van der Waals surface area contributed by atoms with Gasteiger partial charge in [0.2, 0.25) is 0 Å². The van der Waals surface area contributed by atoms with Crippen LogP contribution in [0.2, 0.25) is 0 Å². The summed E-state index contributed by atoms with van der Waals surface area (Å²) in [5, 5.41) is 5.95. The van der Waals surface area contributed by atoms with Gasteiger partial charge in [-0.15, -0.1) is 11.3 Å². The number of rotatable bonds is 5. The first-order valence-corrected chi connectivity index (χ1v) is 12.7. The van der Waals surface area contributed by atoms with Crippen LogP contribution in [0.3, 0.4) is 0 Å². The van der Waals surface area contributed by atoms with Crippen LogP contribution in [0.25, 0.3) is 0 Å². The Morgan fingerprint density at radius 2 is 2.15 bits per heavy atom. The Bertz CT molecular complexity index is 1130. The summed E-state index contributed by atoms with van der Waals surface area (Å²) in [5.41, 5.74) is 8.04. The van der Waals surface area contributed by atoms with E-state index in [4.69, 9.17) is 20.2 Å². The molecule has 3 aliphatic rings. The summed E-state index contributed by atoms with van der Waals surface area (Å²) < 4.78 is 25.4. The number of aliphatic imine (C=N–C) groups is 1. The highest BCUT2D eigenvalue weighted by atomic mass is 79.9. The fourth-order valence-electron chi connectivity index (χ4n) is 4.94. The van der Waals surface area contributed by atoms with Gasteiger partial charge in [0.25, 0.3) is 0 Å². The van der Waals surface area contributed by atoms with Crippen LogP contribution in [0.1, 0.15) is 29.5 Å². The van der Waals surface area contributed by atoms with Crippen LogP contribution in [0.15, 0.2) is 50.5 Å². The van der Waals surface area contributed by atoms with E-state index in [0.717, 1.165) is 12.8 Å². The zero-order valence-electron chi connectivity index (χ0n) is 18.5. The van der Waals surface area contributed by atoms with Crippen molar-refractivity contribution in [3.05, 3.63) is 61.9 Å². The summed E-state index contributed by atoms with van der Waals surface area (Å²) in [7, 11) is 1.35. The number of methoxy groups -OCH3 is 1. The molecule has 0 spiro atoms. The SMILES string of the molecule is COC(=O)C1=C(CN2[C@@H]3COC[C@H]2CC(N)C3)NC(c2nccs2)=N[C@H]1c1ccc(F)cc1Br. The smallest absolute Gasteiger partial charge is 0.338 e. The van der Waals surface area contributed by atoms with Crippen molar-refractivity contribution in [2.75, 3.05) is 26.9 Å². The van der Waals surface area contributed by atoms with Crippen LogP contribution in [0.4, 0.5) is 4.39 Å². The Morgan fingerprint density at radius 1 is 1.38 bits per heavy atom. The number of carbonyl (C=O) groups is 1. The number of halogens is 2. The summed E-state index contributed by atoms with van der Waals surface area (Å²) in [6.07, 6.45) is 3.37. The largest absolute Gasteiger partial charge is 0.466 e. The molecule has 2 bridgehead atoms. The molecule has 4 atom stereocenters. The Labute approximate surface area is 209 Å².